The summed E-state index contributed by atoms with van der Waals surface area (Å²) in [4.78, 5) is 26.5. The molecule has 0 unspecified atom stereocenters. The molecule has 7 nitrogen and oxygen atoms in total. The van der Waals surface area contributed by atoms with Crippen molar-refractivity contribution in [2.45, 2.75) is 31.3 Å². The number of rotatable bonds is 7. The van der Waals surface area contributed by atoms with Gasteiger partial charge >= 0.3 is 5.97 Å². The fraction of sp³-hybridized carbons (Fsp3) is 0.231. The SMILES string of the molecule is COC(=O)c1c(NC(=O)CSc2nnc(-c3ccc(Cl)cc3)n2-c2ccccc2C)sc2c1CCC2. The fourth-order valence-corrected chi connectivity index (χ4v) is 6.45. The van der Waals surface area contributed by atoms with Crippen molar-refractivity contribution in [2.24, 2.45) is 0 Å². The summed E-state index contributed by atoms with van der Waals surface area (Å²) < 4.78 is 6.94. The smallest absolute Gasteiger partial charge is 0.341 e. The number of thiophene rings is 1. The van der Waals surface area contributed by atoms with Gasteiger partial charge in [-0.2, -0.15) is 0 Å². The summed E-state index contributed by atoms with van der Waals surface area (Å²) in [5, 5.41) is 13.5. The maximum absolute atomic E-state index is 13.0. The number of aromatic nitrogens is 3. The second-order valence-electron chi connectivity index (χ2n) is 8.32. The summed E-state index contributed by atoms with van der Waals surface area (Å²) in [5.74, 6) is 0.126. The van der Waals surface area contributed by atoms with Gasteiger partial charge in [-0.05, 0) is 67.6 Å². The van der Waals surface area contributed by atoms with Crippen LogP contribution in [0.4, 0.5) is 5.00 Å². The van der Waals surface area contributed by atoms with Crippen LogP contribution in [0.25, 0.3) is 17.1 Å². The molecular weight excluding hydrogens is 516 g/mol. The maximum atomic E-state index is 13.0. The highest BCUT2D eigenvalue weighted by Gasteiger charge is 2.28. The lowest BCUT2D eigenvalue weighted by atomic mass is 10.1. The van der Waals surface area contributed by atoms with Crippen LogP contribution in [-0.4, -0.2) is 39.5 Å². The average molecular weight is 539 g/mol. The van der Waals surface area contributed by atoms with Crippen molar-refractivity contribution in [1.29, 1.82) is 0 Å². The molecule has 0 atom stereocenters. The number of ether oxygens (including phenoxy) is 1. The zero-order valence-corrected chi connectivity index (χ0v) is 22.1. The Morgan fingerprint density at radius 2 is 1.92 bits per heavy atom. The van der Waals surface area contributed by atoms with Crippen LogP contribution < -0.4 is 5.32 Å². The van der Waals surface area contributed by atoms with Crippen molar-refractivity contribution in [3.05, 3.63) is 75.1 Å². The molecule has 0 saturated carbocycles. The van der Waals surface area contributed by atoms with E-state index in [1.165, 1.54) is 30.2 Å². The van der Waals surface area contributed by atoms with E-state index >= 15 is 0 Å². The molecule has 5 rings (SSSR count). The van der Waals surface area contributed by atoms with Gasteiger partial charge in [0.25, 0.3) is 0 Å². The number of nitrogens with one attached hydrogen (secondary N) is 1. The Bertz CT molecular complexity index is 1450. The summed E-state index contributed by atoms with van der Waals surface area (Å²) in [6.45, 7) is 2.02. The number of thioether (sulfide) groups is 1. The van der Waals surface area contributed by atoms with Crippen LogP contribution >= 0.6 is 34.7 Å². The fourth-order valence-electron chi connectivity index (χ4n) is 4.28. The Labute approximate surface area is 221 Å². The molecule has 2 aromatic heterocycles. The third-order valence-electron chi connectivity index (χ3n) is 5.99. The van der Waals surface area contributed by atoms with Gasteiger partial charge in [0.2, 0.25) is 5.91 Å². The standard InChI is InChI=1S/C26H23ClN4O3S2/c1-15-6-3-4-8-19(15)31-23(16-10-12-17(27)13-11-16)29-30-26(31)35-14-21(32)28-24-22(25(33)34-2)18-7-5-9-20(18)36-24/h3-4,6,8,10-13H,5,7,9,14H2,1-2H3,(H,28,32). The van der Waals surface area contributed by atoms with E-state index in [-0.39, 0.29) is 11.7 Å². The van der Waals surface area contributed by atoms with Crippen molar-refractivity contribution in [3.63, 3.8) is 0 Å². The molecule has 1 N–H and O–H groups in total. The normalized spacial score (nSPS) is 12.4. The van der Waals surface area contributed by atoms with E-state index in [4.69, 9.17) is 16.3 Å². The highest BCUT2D eigenvalue weighted by Crippen LogP contribution is 2.39. The van der Waals surface area contributed by atoms with Gasteiger partial charge in [0.05, 0.1) is 24.1 Å². The quantitative estimate of drug-likeness (QED) is 0.231. The summed E-state index contributed by atoms with van der Waals surface area (Å²) >= 11 is 8.83. The molecule has 2 aromatic carbocycles. The van der Waals surface area contributed by atoms with E-state index in [2.05, 4.69) is 15.5 Å². The molecule has 0 saturated heterocycles. The van der Waals surface area contributed by atoms with Gasteiger partial charge in [-0.1, -0.05) is 41.6 Å². The van der Waals surface area contributed by atoms with Gasteiger partial charge in [0, 0.05) is 15.5 Å². The van der Waals surface area contributed by atoms with E-state index in [1.807, 2.05) is 60.0 Å². The van der Waals surface area contributed by atoms with Crippen molar-refractivity contribution >= 4 is 51.6 Å². The van der Waals surface area contributed by atoms with Crippen LogP contribution in [0.15, 0.2) is 53.7 Å². The Hall–Kier alpha value is -3.14. The predicted octanol–water partition coefficient (Wildman–Crippen LogP) is 5.96. The molecule has 0 fully saturated rings. The topological polar surface area (TPSA) is 86.1 Å². The highest BCUT2D eigenvalue weighted by molar-refractivity contribution is 7.99. The number of aryl methyl sites for hydroxylation is 2. The van der Waals surface area contributed by atoms with E-state index in [0.717, 1.165) is 46.5 Å². The van der Waals surface area contributed by atoms with Crippen molar-refractivity contribution in [1.82, 2.24) is 14.8 Å². The van der Waals surface area contributed by atoms with Gasteiger partial charge in [0.15, 0.2) is 11.0 Å². The second kappa shape index (κ2) is 10.5. The molecule has 0 spiro atoms. The zero-order valence-electron chi connectivity index (χ0n) is 19.7. The third kappa shape index (κ3) is 4.78. The molecule has 36 heavy (non-hydrogen) atoms. The molecule has 1 aliphatic rings. The van der Waals surface area contributed by atoms with E-state index in [1.54, 1.807) is 0 Å². The van der Waals surface area contributed by atoms with Gasteiger partial charge in [0.1, 0.15) is 5.00 Å². The minimum atomic E-state index is -0.413. The number of esters is 1. The summed E-state index contributed by atoms with van der Waals surface area (Å²) in [6.07, 6.45) is 2.76. The number of carbonyl (C=O) groups excluding carboxylic acids is 2. The summed E-state index contributed by atoms with van der Waals surface area (Å²) in [5.41, 5.74) is 4.33. The van der Waals surface area contributed by atoms with Crippen LogP contribution in [0.1, 0.15) is 32.8 Å². The number of hydrogen-bond donors (Lipinski definition) is 1. The van der Waals surface area contributed by atoms with Crippen molar-refractivity contribution in [3.8, 4) is 17.1 Å². The summed E-state index contributed by atoms with van der Waals surface area (Å²) in [7, 11) is 1.36. The van der Waals surface area contributed by atoms with E-state index < -0.39 is 5.97 Å². The third-order valence-corrected chi connectivity index (χ3v) is 8.38. The number of nitrogens with zero attached hydrogens (tertiary/aromatic N) is 3. The first-order valence-corrected chi connectivity index (χ1v) is 13.6. The Morgan fingerprint density at radius 3 is 2.67 bits per heavy atom. The minimum Gasteiger partial charge on any atom is -0.465 e. The molecule has 10 heteroatoms. The Balaban J connectivity index is 1.41. The Kier molecular flexibility index (Phi) is 7.13. The van der Waals surface area contributed by atoms with E-state index in [0.29, 0.717) is 26.6 Å². The first kappa shape index (κ1) is 24.5. The number of carbonyl (C=O) groups is 2. The molecule has 1 amide bonds. The largest absolute Gasteiger partial charge is 0.465 e. The van der Waals surface area contributed by atoms with Crippen molar-refractivity contribution in [2.75, 3.05) is 18.2 Å². The number of amides is 1. The van der Waals surface area contributed by atoms with Gasteiger partial charge in [-0.15, -0.1) is 21.5 Å². The molecule has 0 radical (unpaired) electrons. The molecule has 2 heterocycles. The average Bonchev–Trinajstić information content (AvgIpc) is 3.58. The first-order chi connectivity index (χ1) is 17.5. The van der Waals surface area contributed by atoms with E-state index in [9.17, 15) is 9.59 Å². The second-order valence-corrected chi connectivity index (χ2v) is 10.8. The number of benzene rings is 2. The lowest BCUT2D eigenvalue weighted by Crippen LogP contribution is -2.16. The van der Waals surface area contributed by atoms with Crippen LogP contribution in [0, 0.1) is 6.92 Å². The molecular formula is C26H23ClN4O3S2. The zero-order chi connectivity index (χ0) is 25.2. The first-order valence-electron chi connectivity index (χ1n) is 11.4. The van der Waals surface area contributed by atoms with Gasteiger partial charge < -0.3 is 10.1 Å². The lowest BCUT2D eigenvalue weighted by Gasteiger charge is -2.13. The van der Waals surface area contributed by atoms with Crippen LogP contribution in [0.5, 0.6) is 0 Å². The van der Waals surface area contributed by atoms with Gasteiger partial charge in [-0.25, -0.2) is 4.79 Å². The van der Waals surface area contributed by atoms with Crippen LogP contribution in [0.3, 0.4) is 0 Å². The Morgan fingerprint density at radius 1 is 1.14 bits per heavy atom. The highest BCUT2D eigenvalue weighted by atomic mass is 35.5. The molecule has 0 bridgehead atoms. The molecule has 184 valence electrons. The van der Waals surface area contributed by atoms with Crippen molar-refractivity contribution < 1.29 is 14.3 Å². The summed E-state index contributed by atoms with van der Waals surface area (Å²) in [6, 6.07) is 15.4. The number of fused-ring (bicyclic) bond motifs is 1. The minimum absolute atomic E-state index is 0.105. The van der Waals surface area contributed by atoms with Crippen LogP contribution in [-0.2, 0) is 22.4 Å². The molecule has 4 aromatic rings. The number of methoxy groups -OCH3 is 1. The molecule has 0 aliphatic heterocycles. The number of hydrogen-bond acceptors (Lipinski definition) is 7. The number of anilines is 1. The van der Waals surface area contributed by atoms with Gasteiger partial charge in [-0.3, -0.25) is 9.36 Å². The predicted molar refractivity (Wildman–Crippen MR) is 144 cm³/mol. The van der Waals surface area contributed by atoms with Crippen LogP contribution in [0.2, 0.25) is 5.02 Å². The number of halogens is 1. The molecule has 1 aliphatic carbocycles. The monoisotopic (exact) mass is 538 g/mol. The number of para-hydroxylation sites is 1. The maximum Gasteiger partial charge on any atom is 0.341 e. The lowest BCUT2D eigenvalue weighted by molar-refractivity contribution is -0.113.